The normalized spacial score (nSPS) is 31.1. The van der Waals surface area contributed by atoms with Gasteiger partial charge in [-0.25, -0.2) is 4.68 Å². The molecule has 0 N–H and O–H groups in total. The van der Waals surface area contributed by atoms with Crippen LogP contribution in [-0.4, -0.2) is 51.6 Å². The van der Waals surface area contributed by atoms with Crippen molar-refractivity contribution < 1.29 is 9.53 Å². The first kappa shape index (κ1) is 16.4. The van der Waals surface area contributed by atoms with Crippen LogP contribution < -0.4 is 0 Å². The van der Waals surface area contributed by atoms with Gasteiger partial charge in [0.2, 0.25) is 5.91 Å². The van der Waals surface area contributed by atoms with Crippen molar-refractivity contribution in [1.82, 2.24) is 19.9 Å². The minimum Gasteiger partial charge on any atom is -0.373 e. The van der Waals surface area contributed by atoms with Crippen molar-refractivity contribution in [3.05, 3.63) is 12.4 Å². The van der Waals surface area contributed by atoms with Gasteiger partial charge in [-0.1, -0.05) is 26.0 Å². The molecular weight excluding hydrogens is 292 g/mol. The zero-order valence-electron chi connectivity index (χ0n) is 14.4. The molecule has 3 unspecified atom stereocenters. The Kier molecular flexibility index (Phi) is 4.71. The second-order valence-corrected chi connectivity index (χ2v) is 8.01. The largest absolute Gasteiger partial charge is 0.373 e. The molecule has 3 atom stereocenters. The Hall–Kier alpha value is -1.43. The van der Waals surface area contributed by atoms with Crippen LogP contribution in [0.4, 0.5) is 0 Å². The second kappa shape index (κ2) is 6.59. The maximum absolute atomic E-state index is 13.0. The number of hydrogen-bond donors (Lipinski definition) is 0. The van der Waals surface area contributed by atoms with E-state index in [1.54, 1.807) is 10.9 Å². The molecule has 1 aliphatic heterocycles. The molecule has 0 radical (unpaired) electrons. The molecule has 3 rings (SSSR count). The molecule has 2 aliphatic rings. The van der Waals surface area contributed by atoms with E-state index in [0.29, 0.717) is 38.1 Å². The number of rotatable bonds is 3. The van der Waals surface area contributed by atoms with E-state index < -0.39 is 0 Å². The lowest BCUT2D eigenvalue weighted by Crippen LogP contribution is -2.50. The summed E-state index contributed by atoms with van der Waals surface area (Å²) in [7, 11) is 0. The lowest BCUT2D eigenvalue weighted by molar-refractivity contribution is -0.146. The SMILES string of the molecule is CC1CC(C(=O)N2CCOC(Cn3ccnn3)C2)CC(C)(C)C1. The predicted molar refractivity (Wildman–Crippen MR) is 86.6 cm³/mol. The third-order valence-corrected chi connectivity index (χ3v) is 5.05. The molecule has 128 valence electrons. The van der Waals surface area contributed by atoms with Gasteiger partial charge in [0.1, 0.15) is 0 Å². The summed E-state index contributed by atoms with van der Waals surface area (Å²) >= 11 is 0. The summed E-state index contributed by atoms with van der Waals surface area (Å²) in [4.78, 5) is 15.0. The molecule has 6 nitrogen and oxygen atoms in total. The van der Waals surface area contributed by atoms with Crippen LogP contribution in [0.15, 0.2) is 12.4 Å². The Morgan fingerprint density at radius 2 is 2.22 bits per heavy atom. The minimum atomic E-state index is 0.00317. The van der Waals surface area contributed by atoms with Crippen molar-refractivity contribution in [2.24, 2.45) is 17.3 Å². The molecule has 1 amide bonds. The smallest absolute Gasteiger partial charge is 0.225 e. The van der Waals surface area contributed by atoms with E-state index in [2.05, 4.69) is 31.1 Å². The average molecular weight is 320 g/mol. The molecule has 1 saturated carbocycles. The highest BCUT2D eigenvalue weighted by Gasteiger charge is 2.38. The Bertz CT molecular complexity index is 529. The van der Waals surface area contributed by atoms with Crippen molar-refractivity contribution >= 4 is 5.91 Å². The van der Waals surface area contributed by atoms with Gasteiger partial charge in [0.05, 0.1) is 25.5 Å². The van der Waals surface area contributed by atoms with Gasteiger partial charge in [-0.2, -0.15) is 0 Å². The van der Waals surface area contributed by atoms with Crippen LogP contribution in [0.1, 0.15) is 40.0 Å². The van der Waals surface area contributed by atoms with E-state index in [1.807, 2.05) is 11.1 Å². The Morgan fingerprint density at radius 1 is 1.39 bits per heavy atom. The third kappa shape index (κ3) is 4.10. The number of amides is 1. The first-order chi connectivity index (χ1) is 10.9. The number of nitrogens with zero attached hydrogens (tertiary/aromatic N) is 4. The van der Waals surface area contributed by atoms with Crippen LogP contribution in [0.25, 0.3) is 0 Å². The molecule has 2 heterocycles. The van der Waals surface area contributed by atoms with E-state index >= 15 is 0 Å². The maximum atomic E-state index is 13.0. The number of hydrogen-bond acceptors (Lipinski definition) is 4. The molecule has 1 saturated heterocycles. The molecule has 1 aromatic heterocycles. The fraction of sp³-hybridized carbons (Fsp3) is 0.824. The number of aromatic nitrogens is 3. The zero-order valence-corrected chi connectivity index (χ0v) is 14.4. The Morgan fingerprint density at radius 3 is 2.91 bits per heavy atom. The number of morpholine rings is 1. The Balaban J connectivity index is 1.60. The number of ether oxygens (including phenoxy) is 1. The molecule has 6 heteroatoms. The molecule has 0 spiro atoms. The molecule has 0 bridgehead atoms. The topological polar surface area (TPSA) is 60.2 Å². The van der Waals surface area contributed by atoms with Gasteiger partial charge in [-0.15, -0.1) is 5.10 Å². The van der Waals surface area contributed by atoms with Gasteiger partial charge >= 0.3 is 0 Å². The summed E-state index contributed by atoms with van der Waals surface area (Å²) in [6.07, 6.45) is 6.74. The molecule has 23 heavy (non-hydrogen) atoms. The average Bonchev–Trinajstić information content (AvgIpc) is 2.97. The lowest BCUT2D eigenvalue weighted by Gasteiger charge is -2.41. The summed E-state index contributed by atoms with van der Waals surface area (Å²) in [5.41, 5.74) is 0.268. The Labute approximate surface area is 138 Å². The summed E-state index contributed by atoms with van der Waals surface area (Å²) in [5, 5.41) is 7.80. The zero-order chi connectivity index (χ0) is 16.4. The monoisotopic (exact) mass is 320 g/mol. The summed E-state index contributed by atoms with van der Waals surface area (Å²) in [6.45, 7) is 9.47. The van der Waals surface area contributed by atoms with E-state index in [1.165, 1.54) is 6.42 Å². The molecule has 1 aliphatic carbocycles. The third-order valence-electron chi connectivity index (χ3n) is 5.05. The number of carbonyl (C=O) groups excluding carboxylic acids is 1. The highest BCUT2D eigenvalue weighted by Crippen LogP contribution is 2.42. The minimum absolute atomic E-state index is 0.00317. The second-order valence-electron chi connectivity index (χ2n) is 8.01. The quantitative estimate of drug-likeness (QED) is 0.854. The molecule has 1 aromatic rings. The number of carbonyl (C=O) groups is 1. The van der Waals surface area contributed by atoms with Crippen molar-refractivity contribution in [3.8, 4) is 0 Å². The van der Waals surface area contributed by atoms with Crippen LogP contribution in [0.5, 0.6) is 0 Å². The van der Waals surface area contributed by atoms with Crippen LogP contribution >= 0.6 is 0 Å². The van der Waals surface area contributed by atoms with Crippen LogP contribution in [-0.2, 0) is 16.1 Å². The first-order valence-electron chi connectivity index (χ1n) is 8.67. The molecule has 2 fully saturated rings. The standard InChI is InChI=1S/C17H28N4O2/c1-13-8-14(10-17(2,3)9-13)16(22)20-6-7-23-15(11-20)12-21-5-4-18-19-21/h4-5,13-15H,6-12H2,1-3H3. The predicted octanol–water partition coefficient (Wildman–Crippen LogP) is 1.97. The van der Waals surface area contributed by atoms with Gasteiger partial charge in [-0.05, 0) is 30.6 Å². The van der Waals surface area contributed by atoms with Crippen LogP contribution in [0.3, 0.4) is 0 Å². The van der Waals surface area contributed by atoms with Crippen LogP contribution in [0.2, 0.25) is 0 Å². The first-order valence-corrected chi connectivity index (χ1v) is 8.67. The summed E-state index contributed by atoms with van der Waals surface area (Å²) < 4.78 is 7.57. The van der Waals surface area contributed by atoms with Gasteiger partial charge in [0, 0.05) is 25.2 Å². The summed E-state index contributed by atoms with van der Waals surface area (Å²) in [5.74, 6) is 1.11. The fourth-order valence-corrected chi connectivity index (χ4v) is 4.36. The highest BCUT2D eigenvalue weighted by molar-refractivity contribution is 5.79. The van der Waals surface area contributed by atoms with E-state index in [-0.39, 0.29) is 17.4 Å². The molecule has 0 aromatic carbocycles. The van der Waals surface area contributed by atoms with Crippen molar-refractivity contribution in [2.75, 3.05) is 19.7 Å². The van der Waals surface area contributed by atoms with Crippen molar-refractivity contribution in [2.45, 2.75) is 52.7 Å². The van der Waals surface area contributed by atoms with Gasteiger partial charge in [-0.3, -0.25) is 4.79 Å². The van der Waals surface area contributed by atoms with Gasteiger partial charge in [0.25, 0.3) is 0 Å². The summed E-state index contributed by atoms with van der Waals surface area (Å²) in [6, 6.07) is 0. The highest BCUT2D eigenvalue weighted by atomic mass is 16.5. The lowest BCUT2D eigenvalue weighted by atomic mass is 9.67. The molecular formula is C17H28N4O2. The van der Waals surface area contributed by atoms with Gasteiger partial charge < -0.3 is 9.64 Å². The van der Waals surface area contributed by atoms with Gasteiger partial charge in [0.15, 0.2) is 0 Å². The van der Waals surface area contributed by atoms with E-state index in [9.17, 15) is 4.79 Å². The van der Waals surface area contributed by atoms with Crippen LogP contribution in [0, 0.1) is 17.3 Å². The van der Waals surface area contributed by atoms with Crippen molar-refractivity contribution in [3.63, 3.8) is 0 Å². The van der Waals surface area contributed by atoms with E-state index in [0.717, 1.165) is 12.8 Å². The van der Waals surface area contributed by atoms with Crippen molar-refractivity contribution in [1.29, 1.82) is 0 Å². The maximum Gasteiger partial charge on any atom is 0.225 e. The fourth-order valence-electron chi connectivity index (χ4n) is 4.36. The van der Waals surface area contributed by atoms with E-state index in [4.69, 9.17) is 4.74 Å².